The van der Waals surface area contributed by atoms with E-state index in [2.05, 4.69) is 24.0 Å². The number of rotatable bonds is 10. The molecule has 0 spiro atoms. The molecule has 0 aliphatic rings. The zero-order valence-electron chi connectivity index (χ0n) is 12.9. The summed E-state index contributed by atoms with van der Waals surface area (Å²) in [4.78, 5) is 3.77. The number of benzene rings is 1. The third-order valence-corrected chi connectivity index (χ3v) is 4.17. The molecule has 1 aromatic rings. The number of thioether (sulfide) groups is 1. The molecule has 0 aromatic heterocycles. The van der Waals surface area contributed by atoms with E-state index in [1.165, 1.54) is 0 Å². The monoisotopic (exact) mass is 328 g/mol. The lowest BCUT2D eigenvalue weighted by Crippen LogP contribution is -2.32. The van der Waals surface area contributed by atoms with Gasteiger partial charge in [-0.2, -0.15) is 0 Å². The van der Waals surface area contributed by atoms with Gasteiger partial charge in [0.05, 0.1) is 13.2 Å². The van der Waals surface area contributed by atoms with Crippen molar-refractivity contribution in [2.24, 2.45) is 5.73 Å². The van der Waals surface area contributed by atoms with Crippen LogP contribution in [0.2, 0.25) is 0 Å². The molecule has 118 valence electrons. The molecule has 0 aliphatic carbocycles. The van der Waals surface area contributed by atoms with Gasteiger partial charge in [0.1, 0.15) is 4.99 Å². The molecule has 2 N–H and O–H groups in total. The highest BCUT2D eigenvalue weighted by atomic mass is 32.2. The van der Waals surface area contributed by atoms with Gasteiger partial charge in [0.15, 0.2) is 0 Å². The summed E-state index contributed by atoms with van der Waals surface area (Å²) in [6, 6.07) is 6.16. The van der Waals surface area contributed by atoms with Gasteiger partial charge >= 0.3 is 0 Å². The molecule has 0 atom stereocenters. The number of thiocarbonyl (C=S) groups is 1. The van der Waals surface area contributed by atoms with Crippen LogP contribution in [0.3, 0.4) is 0 Å². The van der Waals surface area contributed by atoms with Gasteiger partial charge in [-0.1, -0.05) is 25.2 Å². The van der Waals surface area contributed by atoms with E-state index in [4.69, 9.17) is 27.4 Å². The number of nitrogens with zero attached hydrogens (tertiary/aromatic N) is 1. The molecule has 0 bridgehead atoms. The third kappa shape index (κ3) is 5.47. The number of anilines is 1. The Kier molecular flexibility index (Phi) is 8.68. The minimum Gasteiger partial charge on any atom is -0.389 e. The van der Waals surface area contributed by atoms with Crippen LogP contribution in [0.15, 0.2) is 23.1 Å². The molecular formula is C15H24N2O2S2. The fourth-order valence-electron chi connectivity index (χ4n) is 2.06. The van der Waals surface area contributed by atoms with Crippen LogP contribution in [0.5, 0.6) is 0 Å². The summed E-state index contributed by atoms with van der Waals surface area (Å²) in [6.07, 6.45) is 0. The Bertz CT molecular complexity index is 447. The maximum atomic E-state index is 5.97. The molecule has 0 saturated carbocycles. The largest absolute Gasteiger partial charge is 0.389 e. The van der Waals surface area contributed by atoms with Gasteiger partial charge in [-0.05, 0) is 17.9 Å². The van der Waals surface area contributed by atoms with Gasteiger partial charge in [-0.25, -0.2) is 0 Å². The molecule has 0 unspecified atom stereocenters. The standard InChI is InChI=1S/C15H24N2O2S2/c1-4-21-13-7-5-6-12(14(13)15(16)20)17(8-10-18-2)9-11-19-3/h5-7H,4,8-11H2,1-3H3,(H2,16,20). The predicted molar refractivity (Wildman–Crippen MR) is 94.7 cm³/mol. The molecular weight excluding hydrogens is 304 g/mol. The minimum absolute atomic E-state index is 0.432. The highest BCUT2D eigenvalue weighted by Crippen LogP contribution is 2.30. The van der Waals surface area contributed by atoms with E-state index in [-0.39, 0.29) is 0 Å². The smallest absolute Gasteiger partial charge is 0.107 e. The molecule has 0 aliphatic heterocycles. The highest BCUT2D eigenvalue weighted by Gasteiger charge is 2.16. The van der Waals surface area contributed by atoms with Crippen LogP contribution in [0.25, 0.3) is 0 Å². The van der Waals surface area contributed by atoms with Crippen molar-refractivity contribution in [1.82, 2.24) is 0 Å². The van der Waals surface area contributed by atoms with Gasteiger partial charge in [-0.3, -0.25) is 0 Å². The first-order chi connectivity index (χ1) is 10.2. The number of hydrogen-bond donors (Lipinski definition) is 1. The van der Waals surface area contributed by atoms with E-state index in [9.17, 15) is 0 Å². The van der Waals surface area contributed by atoms with Crippen LogP contribution in [0.1, 0.15) is 12.5 Å². The van der Waals surface area contributed by atoms with E-state index in [1.54, 1.807) is 26.0 Å². The van der Waals surface area contributed by atoms with Crippen molar-refractivity contribution in [3.8, 4) is 0 Å². The van der Waals surface area contributed by atoms with Crippen molar-refractivity contribution in [2.45, 2.75) is 11.8 Å². The van der Waals surface area contributed by atoms with E-state index < -0.39 is 0 Å². The van der Waals surface area contributed by atoms with Crippen molar-refractivity contribution in [3.05, 3.63) is 23.8 Å². The molecule has 6 heteroatoms. The summed E-state index contributed by atoms with van der Waals surface area (Å²) in [6.45, 7) is 4.96. The summed E-state index contributed by atoms with van der Waals surface area (Å²) in [5.74, 6) is 0.981. The summed E-state index contributed by atoms with van der Waals surface area (Å²) in [5, 5.41) is 0. The Hall–Kier alpha value is -0.820. The van der Waals surface area contributed by atoms with Crippen LogP contribution in [0.4, 0.5) is 5.69 Å². The third-order valence-electron chi connectivity index (χ3n) is 3.02. The molecule has 1 rings (SSSR count). The molecule has 21 heavy (non-hydrogen) atoms. The van der Waals surface area contributed by atoms with Crippen LogP contribution in [-0.2, 0) is 9.47 Å². The topological polar surface area (TPSA) is 47.7 Å². The number of ether oxygens (including phenoxy) is 2. The molecule has 0 saturated heterocycles. The van der Waals surface area contributed by atoms with E-state index in [1.807, 2.05) is 6.07 Å². The Labute approximate surface area is 137 Å². The lowest BCUT2D eigenvalue weighted by Gasteiger charge is -2.27. The summed E-state index contributed by atoms with van der Waals surface area (Å²) < 4.78 is 10.4. The molecule has 4 nitrogen and oxygen atoms in total. The second kappa shape index (κ2) is 10.00. The number of methoxy groups -OCH3 is 2. The molecule has 1 aromatic carbocycles. The molecule has 0 heterocycles. The van der Waals surface area contributed by atoms with Crippen molar-refractivity contribution in [3.63, 3.8) is 0 Å². The van der Waals surface area contributed by atoms with Crippen LogP contribution in [0, 0.1) is 0 Å². The normalized spacial score (nSPS) is 10.6. The van der Waals surface area contributed by atoms with E-state index in [0.29, 0.717) is 18.2 Å². The molecule has 0 radical (unpaired) electrons. The SMILES string of the molecule is CCSc1cccc(N(CCOC)CCOC)c1C(N)=S. The maximum absolute atomic E-state index is 5.97. The lowest BCUT2D eigenvalue weighted by atomic mass is 10.1. The van der Waals surface area contributed by atoms with Gasteiger partial charge in [-0.15, -0.1) is 11.8 Å². The Morgan fingerprint density at radius 1 is 1.24 bits per heavy atom. The van der Waals surface area contributed by atoms with Crippen LogP contribution in [-0.4, -0.2) is 51.3 Å². The fraction of sp³-hybridized carbons (Fsp3) is 0.533. The van der Waals surface area contributed by atoms with Gasteiger partial charge in [0.25, 0.3) is 0 Å². The Morgan fingerprint density at radius 2 is 1.86 bits per heavy atom. The van der Waals surface area contributed by atoms with Crippen molar-refractivity contribution in [1.29, 1.82) is 0 Å². The van der Waals surface area contributed by atoms with Crippen LogP contribution >= 0.6 is 24.0 Å². The molecule has 0 fully saturated rings. The number of hydrogen-bond acceptors (Lipinski definition) is 5. The lowest BCUT2D eigenvalue weighted by molar-refractivity contribution is 0.190. The predicted octanol–water partition coefficient (Wildman–Crippen LogP) is 2.53. The summed E-state index contributed by atoms with van der Waals surface area (Å²) >= 11 is 7.02. The Morgan fingerprint density at radius 3 is 2.33 bits per heavy atom. The fourth-order valence-corrected chi connectivity index (χ4v) is 3.19. The maximum Gasteiger partial charge on any atom is 0.107 e. The first-order valence-electron chi connectivity index (χ1n) is 6.94. The second-order valence-electron chi connectivity index (χ2n) is 4.42. The average Bonchev–Trinajstić information content (AvgIpc) is 2.47. The average molecular weight is 329 g/mol. The van der Waals surface area contributed by atoms with Crippen molar-refractivity contribution >= 4 is 34.7 Å². The molecule has 0 amide bonds. The van der Waals surface area contributed by atoms with Gasteiger partial charge < -0.3 is 20.1 Å². The highest BCUT2D eigenvalue weighted by molar-refractivity contribution is 7.99. The van der Waals surface area contributed by atoms with E-state index >= 15 is 0 Å². The van der Waals surface area contributed by atoms with Crippen molar-refractivity contribution < 1.29 is 9.47 Å². The second-order valence-corrected chi connectivity index (χ2v) is 6.17. The minimum atomic E-state index is 0.432. The first-order valence-corrected chi connectivity index (χ1v) is 8.33. The Balaban J connectivity index is 3.15. The zero-order chi connectivity index (χ0) is 15.7. The van der Waals surface area contributed by atoms with Crippen molar-refractivity contribution in [2.75, 3.05) is 51.2 Å². The summed E-state index contributed by atoms with van der Waals surface area (Å²) in [5.41, 5.74) is 7.97. The summed E-state index contributed by atoms with van der Waals surface area (Å²) in [7, 11) is 3.40. The first kappa shape index (κ1) is 18.2. The van der Waals surface area contributed by atoms with Gasteiger partial charge in [0, 0.05) is 43.5 Å². The quantitative estimate of drug-likeness (QED) is 0.526. The van der Waals surface area contributed by atoms with E-state index in [0.717, 1.165) is 35.0 Å². The van der Waals surface area contributed by atoms with Gasteiger partial charge in [0.2, 0.25) is 0 Å². The van der Waals surface area contributed by atoms with Crippen LogP contribution < -0.4 is 10.6 Å². The zero-order valence-corrected chi connectivity index (χ0v) is 14.6. The number of nitrogens with two attached hydrogens (primary N) is 1.